The summed E-state index contributed by atoms with van der Waals surface area (Å²) in [6.45, 7) is -0.0170. The van der Waals surface area contributed by atoms with Crippen LogP contribution in [0.1, 0.15) is 10.5 Å². The molecular weight excluding hydrogens is 402 g/mol. The number of carbonyl (C=O) groups excluding carboxylic acids is 2. The van der Waals surface area contributed by atoms with Crippen LogP contribution in [-0.4, -0.2) is 33.4 Å². The first-order valence-electron chi connectivity index (χ1n) is 7.65. The van der Waals surface area contributed by atoms with Gasteiger partial charge in [-0.25, -0.2) is 4.68 Å². The zero-order chi connectivity index (χ0) is 18.1. The first-order valence-corrected chi connectivity index (χ1v) is 8.45. The summed E-state index contributed by atoms with van der Waals surface area (Å²) in [5.41, 5.74) is 1.96. The predicted octanol–water partition coefficient (Wildman–Crippen LogP) is 2.61. The fourth-order valence-corrected chi connectivity index (χ4v) is 2.95. The molecule has 0 atom stereocenters. The Morgan fingerprint density at radius 3 is 2.96 bits per heavy atom. The number of halogens is 1. The molecule has 2 heterocycles. The van der Waals surface area contributed by atoms with Gasteiger partial charge in [0.05, 0.1) is 17.6 Å². The molecule has 0 unspecified atom stereocenters. The van der Waals surface area contributed by atoms with Gasteiger partial charge in [-0.15, -0.1) is 5.10 Å². The van der Waals surface area contributed by atoms with Crippen LogP contribution in [0.2, 0.25) is 0 Å². The zero-order valence-electron chi connectivity index (χ0n) is 13.3. The normalized spacial score (nSPS) is 12.7. The van der Waals surface area contributed by atoms with Gasteiger partial charge in [0, 0.05) is 10.2 Å². The minimum atomic E-state index is -0.411. The molecule has 2 aromatic carbocycles. The summed E-state index contributed by atoms with van der Waals surface area (Å²) >= 11 is 3.44. The van der Waals surface area contributed by atoms with Crippen LogP contribution in [-0.2, 0) is 4.79 Å². The molecule has 3 aromatic rings. The Morgan fingerprint density at radius 1 is 1.27 bits per heavy atom. The van der Waals surface area contributed by atoms with Crippen LogP contribution in [0.4, 0.5) is 11.4 Å². The number of aromatic nitrogens is 3. The third-order valence-corrected chi connectivity index (χ3v) is 4.37. The van der Waals surface area contributed by atoms with Gasteiger partial charge in [0.25, 0.3) is 11.8 Å². The van der Waals surface area contributed by atoms with Crippen molar-refractivity contribution in [1.82, 2.24) is 15.0 Å². The van der Waals surface area contributed by atoms with Crippen molar-refractivity contribution in [1.29, 1.82) is 0 Å². The number of carbonyl (C=O) groups is 2. The molecule has 0 radical (unpaired) electrons. The minimum Gasteiger partial charge on any atom is -0.482 e. The lowest BCUT2D eigenvalue weighted by molar-refractivity contribution is -0.118. The summed E-state index contributed by atoms with van der Waals surface area (Å²) in [7, 11) is 0. The van der Waals surface area contributed by atoms with Crippen LogP contribution < -0.4 is 15.4 Å². The van der Waals surface area contributed by atoms with E-state index in [-0.39, 0.29) is 18.2 Å². The number of ether oxygens (including phenoxy) is 1. The van der Waals surface area contributed by atoms with E-state index in [4.69, 9.17) is 4.74 Å². The fourth-order valence-electron chi connectivity index (χ4n) is 2.48. The second-order valence-corrected chi connectivity index (χ2v) is 6.36. The molecule has 0 saturated carbocycles. The minimum absolute atomic E-state index is 0.0170. The van der Waals surface area contributed by atoms with Crippen molar-refractivity contribution in [3.63, 3.8) is 0 Å². The average Bonchev–Trinajstić information content (AvgIpc) is 3.12. The third kappa shape index (κ3) is 3.16. The van der Waals surface area contributed by atoms with E-state index in [0.29, 0.717) is 17.1 Å². The van der Waals surface area contributed by atoms with Gasteiger partial charge in [0.1, 0.15) is 5.75 Å². The number of hydrogen-bond acceptors (Lipinski definition) is 5. The Labute approximate surface area is 156 Å². The lowest BCUT2D eigenvalue weighted by Crippen LogP contribution is -2.25. The highest BCUT2D eigenvalue weighted by atomic mass is 79.9. The average molecular weight is 414 g/mol. The molecule has 8 nitrogen and oxygen atoms in total. The molecule has 0 spiro atoms. The number of nitrogens with one attached hydrogen (secondary N) is 2. The lowest BCUT2D eigenvalue weighted by Gasteiger charge is -2.18. The molecule has 1 aromatic heterocycles. The zero-order valence-corrected chi connectivity index (χ0v) is 14.9. The topological polar surface area (TPSA) is 98.1 Å². The van der Waals surface area contributed by atoms with Gasteiger partial charge in [0.2, 0.25) is 0 Å². The highest BCUT2D eigenvalue weighted by molar-refractivity contribution is 9.10. The van der Waals surface area contributed by atoms with Crippen molar-refractivity contribution in [2.45, 2.75) is 0 Å². The Hall–Kier alpha value is -3.20. The number of para-hydroxylation sites is 1. The number of anilines is 2. The molecule has 0 bridgehead atoms. The molecule has 26 heavy (non-hydrogen) atoms. The van der Waals surface area contributed by atoms with Crippen molar-refractivity contribution in [3.05, 3.63) is 58.8 Å². The molecule has 0 aliphatic carbocycles. The maximum atomic E-state index is 12.4. The van der Waals surface area contributed by atoms with E-state index in [9.17, 15) is 9.59 Å². The highest BCUT2D eigenvalue weighted by Crippen LogP contribution is 2.30. The molecule has 4 rings (SSSR count). The molecular formula is C17H12BrN5O3. The Kier molecular flexibility index (Phi) is 4.13. The SMILES string of the molecule is O=C1COc2ccc(NC(=O)c3cn(-c4ccccc4Br)nn3)cc2N1. The van der Waals surface area contributed by atoms with Crippen LogP contribution in [0.15, 0.2) is 53.1 Å². The molecule has 2 amide bonds. The summed E-state index contributed by atoms with van der Waals surface area (Å²) in [6, 6.07) is 12.5. The van der Waals surface area contributed by atoms with E-state index in [1.54, 1.807) is 24.4 Å². The van der Waals surface area contributed by atoms with Gasteiger partial charge in [-0.1, -0.05) is 17.3 Å². The second-order valence-electron chi connectivity index (χ2n) is 5.50. The summed E-state index contributed by atoms with van der Waals surface area (Å²) in [4.78, 5) is 23.8. The van der Waals surface area contributed by atoms with E-state index < -0.39 is 5.91 Å². The fraction of sp³-hybridized carbons (Fsp3) is 0.0588. The number of amides is 2. The second kappa shape index (κ2) is 6.60. The van der Waals surface area contributed by atoms with E-state index in [1.165, 1.54) is 4.68 Å². The van der Waals surface area contributed by atoms with Gasteiger partial charge in [-0.2, -0.15) is 0 Å². The molecule has 1 aliphatic heterocycles. The number of rotatable bonds is 3. The molecule has 1 aliphatic rings. The highest BCUT2D eigenvalue weighted by Gasteiger charge is 2.18. The van der Waals surface area contributed by atoms with E-state index in [0.717, 1.165) is 10.2 Å². The number of fused-ring (bicyclic) bond motifs is 1. The summed E-state index contributed by atoms with van der Waals surface area (Å²) < 4.78 is 7.64. The monoisotopic (exact) mass is 413 g/mol. The summed E-state index contributed by atoms with van der Waals surface area (Å²) in [5.74, 6) is -0.0915. The van der Waals surface area contributed by atoms with Crippen molar-refractivity contribution in [2.24, 2.45) is 0 Å². The first kappa shape index (κ1) is 16.3. The maximum absolute atomic E-state index is 12.4. The van der Waals surface area contributed by atoms with Crippen LogP contribution >= 0.6 is 15.9 Å². The van der Waals surface area contributed by atoms with Crippen LogP contribution in [0.3, 0.4) is 0 Å². The molecule has 9 heteroatoms. The first-order chi connectivity index (χ1) is 12.6. The molecule has 130 valence electrons. The number of hydrogen-bond donors (Lipinski definition) is 2. The lowest BCUT2D eigenvalue weighted by atomic mass is 10.2. The molecule has 0 fully saturated rings. The molecule has 2 N–H and O–H groups in total. The van der Waals surface area contributed by atoms with Crippen molar-refractivity contribution >= 4 is 39.1 Å². The number of benzene rings is 2. The van der Waals surface area contributed by atoms with Gasteiger partial charge < -0.3 is 15.4 Å². The molecule has 0 saturated heterocycles. The quantitative estimate of drug-likeness (QED) is 0.687. The van der Waals surface area contributed by atoms with Gasteiger partial charge >= 0.3 is 0 Å². The maximum Gasteiger partial charge on any atom is 0.277 e. The van der Waals surface area contributed by atoms with Crippen molar-refractivity contribution < 1.29 is 14.3 Å². The Morgan fingerprint density at radius 2 is 2.12 bits per heavy atom. The van der Waals surface area contributed by atoms with Crippen LogP contribution in [0, 0.1) is 0 Å². The summed E-state index contributed by atoms with van der Waals surface area (Å²) in [5, 5.41) is 13.3. The van der Waals surface area contributed by atoms with E-state index in [1.807, 2.05) is 24.3 Å². The Balaban J connectivity index is 1.53. The van der Waals surface area contributed by atoms with Crippen LogP contribution in [0.5, 0.6) is 5.75 Å². The predicted molar refractivity (Wildman–Crippen MR) is 97.6 cm³/mol. The smallest absolute Gasteiger partial charge is 0.277 e. The van der Waals surface area contributed by atoms with Gasteiger partial charge in [-0.3, -0.25) is 9.59 Å². The largest absolute Gasteiger partial charge is 0.482 e. The van der Waals surface area contributed by atoms with Gasteiger partial charge in [0.15, 0.2) is 12.3 Å². The van der Waals surface area contributed by atoms with Gasteiger partial charge in [-0.05, 0) is 46.3 Å². The Bertz CT molecular complexity index is 1020. The van der Waals surface area contributed by atoms with E-state index in [2.05, 4.69) is 36.9 Å². The third-order valence-electron chi connectivity index (χ3n) is 3.70. The van der Waals surface area contributed by atoms with Crippen molar-refractivity contribution in [2.75, 3.05) is 17.2 Å². The number of nitrogens with zero attached hydrogens (tertiary/aromatic N) is 3. The summed E-state index contributed by atoms with van der Waals surface area (Å²) in [6.07, 6.45) is 1.54. The van der Waals surface area contributed by atoms with Crippen LogP contribution in [0.25, 0.3) is 5.69 Å². The van der Waals surface area contributed by atoms with E-state index >= 15 is 0 Å². The van der Waals surface area contributed by atoms with Crippen molar-refractivity contribution in [3.8, 4) is 11.4 Å². The standard InChI is InChI=1S/C17H12BrN5O3/c18-11-3-1-2-4-14(11)23-8-13(21-22-23)17(25)19-10-5-6-15-12(7-10)20-16(24)9-26-15/h1-8H,9H2,(H,19,25)(H,20,24).